The highest BCUT2D eigenvalue weighted by atomic mass is 14.8. The Balaban J connectivity index is 0. The van der Waals surface area contributed by atoms with Crippen LogP contribution < -0.4 is 11.1 Å². The molecule has 0 amide bonds. The van der Waals surface area contributed by atoms with E-state index in [0.717, 1.165) is 6.54 Å². The van der Waals surface area contributed by atoms with Gasteiger partial charge in [0.05, 0.1) is 0 Å². The lowest BCUT2D eigenvalue weighted by molar-refractivity contribution is 0.543. The molecule has 0 rings (SSSR count). The zero-order valence-electron chi connectivity index (χ0n) is 18.9. The number of rotatable bonds is 20. The largest absolute Gasteiger partial charge is 0.330 e. The van der Waals surface area contributed by atoms with E-state index >= 15 is 0 Å². The average Bonchev–Trinajstić information content (AvgIpc) is 2.66. The van der Waals surface area contributed by atoms with E-state index in [9.17, 15) is 0 Å². The zero-order valence-corrected chi connectivity index (χ0v) is 18.9. The lowest BCUT2D eigenvalue weighted by Gasteiger charge is -2.04. The Bertz CT molecular complexity index is 186. The highest BCUT2D eigenvalue weighted by molar-refractivity contribution is 4.51. The Morgan fingerprint density at radius 1 is 0.423 bits per heavy atom. The molecule has 0 saturated heterocycles. The molecule has 2 nitrogen and oxygen atoms in total. The Morgan fingerprint density at radius 3 is 1.08 bits per heavy atom. The maximum atomic E-state index is 5.34. The molecule has 0 spiro atoms. The summed E-state index contributed by atoms with van der Waals surface area (Å²) < 4.78 is 0. The van der Waals surface area contributed by atoms with Crippen LogP contribution in [0.2, 0.25) is 0 Å². The summed E-state index contributed by atoms with van der Waals surface area (Å²) >= 11 is 0. The summed E-state index contributed by atoms with van der Waals surface area (Å²) in [6, 6.07) is 0. The predicted octanol–water partition coefficient (Wildman–Crippen LogP) is 7.60. The number of nitrogens with two attached hydrogens (primary N) is 1. The van der Waals surface area contributed by atoms with E-state index in [2.05, 4.69) is 26.1 Å². The standard InChI is InChI=1S/C16H35N.C8H19N/c1-3-5-7-9-11-13-15-17-16-14-12-10-8-6-4-2;1-2-3-4-5-6-7-8-9/h17H,3-16H2,1-2H3;2-9H2,1H3. The summed E-state index contributed by atoms with van der Waals surface area (Å²) in [4.78, 5) is 0. The first-order valence-electron chi connectivity index (χ1n) is 12.2. The Labute approximate surface area is 167 Å². The van der Waals surface area contributed by atoms with Crippen LogP contribution in [0, 0.1) is 0 Å². The van der Waals surface area contributed by atoms with Crippen molar-refractivity contribution in [1.82, 2.24) is 5.32 Å². The fourth-order valence-corrected chi connectivity index (χ4v) is 3.11. The molecule has 2 heteroatoms. The van der Waals surface area contributed by atoms with Crippen molar-refractivity contribution in [3.8, 4) is 0 Å². The third-order valence-electron chi connectivity index (χ3n) is 4.97. The van der Waals surface area contributed by atoms with E-state index < -0.39 is 0 Å². The molecule has 0 aromatic heterocycles. The van der Waals surface area contributed by atoms with Crippen molar-refractivity contribution in [1.29, 1.82) is 0 Å². The van der Waals surface area contributed by atoms with Crippen molar-refractivity contribution < 1.29 is 0 Å². The van der Waals surface area contributed by atoms with Crippen LogP contribution in [0.5, 0.6) is 0 Å². The summed E-state index contributed by atoms with van der Waals surface area (Å²) in [6.07, 6.45) is 24.9. The normalized spacial score (nSPS) is 10.6. The van der Waals surface area contributed by atoms with E-state index in [1.54, 1.807) is 0 Å². The van der Waals surface area contributed by atoms with Crippen LogP contribution in [0.4, 0.5) is 0 Å². The first-order valence-corrected chi connectivity index (χ1v) is 12.2. The first kappa shape index (κ1) is 28.1. The van der Waals surface area contributed by atoms with Gasteiger partial charge in [-0.2, -0.15) is 0 Å². The van der Waals surface area contributed by atoms with Crippen molar-refractivity contribution in [3.05, 3.63) is 0 Å². The van der Waals surface area contributed by atoms with Gasteiger partial charge in [-0.1, -0.05) is 117 Å². The highest BCUT2D eigenvalue weighted by Gasteiger charge is 1.92. The van der Waals surface area contributed by atoms with Crippen molar-refractivity contribution in [2.24, 2.45) is 5.73 Å². The van der Waals surface area contributed by atoms with Crippen LogP contribution >= 0.6 is 0 Å². The van der Waals surface area contributed by atoms with E-state index in [1.807, 2.05) is 0 Å². The van der Waals surface area contributed by atoms with Crippen molar-refractivity contribution in [2.75, 3.05) is 19.6 Å². The lowest BCUT2D eigenvalue weighted by Crippen LogP contribution is -2.16. The Morgan fingerprint density at radius 2 is 0.731 bits per heavy atom. The molecule has 0 fully saturated rings. The monoisotopic (exact) mass is 370 g/mol. The molecule has 0 aromatic rings. The van der Waals surface area contributed by atoms with Crippen LogP contribution in [0.3, 0.4) is 0 Å². The molecule has 0 heterocycles. The van der Waals surface area contributed by atoms with E-state index in [0.29, 0.717) is 0 Å². The third kappa shape index (κ3) is 31.7. The summed E-state index contributed by atoms with van der Waals surface area (Å²) in [5.41, 5.74) is 5.34. The van der Waals surface area contributed by atoms with Gasteiger partial charge in [0.15, 0.2) is 0 Å². The molecule has 0 aliphatic rings. The van der Waals surface area contributed by atoms with Crippen LogP contribution in [0.1, 0.15) is 136 Å². The zero-order chi connectivity index (χ0) is 19.6. The minimum Gasteiger partial charge on any atom is -0.330 e. The molecule has 0 unspecified atom stereocenters. The number of nitrogens with one attached hydrogen (secondary N) is 1. The van der Waals surface area contributed by atoms with Gasteiger partial charge in [-0.15, -0.1) is 0 Å². The summed E-state index contributed by atoms with van der Waals surface area (Å²) in [5.74, 6) is 0. The molecule has 26 heavy (non-hydrogen) atoms. The van der Waals surface area contributed by atoms with Gasteiger partial charge >= 0.3 is 0 Å². The van der Waals surface area contributed by atoms with Crippen LogP contribution in [-0.4, -0.2) is 19.6 Å². The van der Waals surface area contributed by atoms with E-state index in [4.69, 9.17) is 5.73 Å². The second-order valence-corrected chi connectivity index (χ2v) is 7.84. The Hall–Kier alpha value is -0.0800. The topological polar surface area (TPSA) is 38.0 Å². The maximum absolute atomic E-state index is 5.34. The van der Waals surface area contributed by atoms with Gasteiger partial charge in [-0.3, -0.25) is 0 Å². The lowest BCUT2D eigenvalue weighted by atomic mass is 10.1. The quantitative estimate of drug-likeness (QED) is 0.216. The van der Waals surface area contributed by atoms with Gasteiger partial charge in [0, 0.05) is 0 Å². The van der Waals surface area contributed by atoms with Crippen LogP contribution in [0.15, 0.2) is 0 Å². The first-order chi connectivity index (χ1) is 12.8. The van der Waals surface area contributed by atoms with Gasteiger partial charge in [0.1, 0.15) is 0 Å². The molecule has 0 saturated carbocycles. The molecular weight excluding hydrogens is 316 g/mol. The molecule has 3 N–H and O–H groups in total. The minimum atomic E-state index is 0.867. The highest BCUT2D eigenvalue weighted by Crippen LogP contribution is 2.05. The SMILES string of the molecule is CCCCCCCCN.CCCCCCCCNCCCCCCCC. The molecule has 0 aliphatic heterocycles. The molecule has 0 radical (unpaired) electrons. The molecule has 160 valence electrons. The fraction of sp³-hybridized carbons (Fsp3) is 1.00. The van der Waals surface area contributed by atoms with Gasteiger partial charge in [0.2, 0.25) is 0 Å². The summed E-state index contributed by atoms with van der Waals surface area (Å²) in [7, 11) is 0. The van der Waals surface area contributed by atoms with Crippen LogP contribution in [0.25, 0.3) is 0 Å². The van der Waals surface area contributed by atoms with Gasteiger partial charge < -0.3 is 11.1 Å². The number of hydrogen-bond donors (Lipinski definition) is 2. The van der Waals surface area contributed by atoms with Gasteiger partial charge in [-0.25, -0.2) is 0 Å². The number of hydrogen-bond acceptors (Lipinski definition) is 2. The average molecular weight is 371 g/mol. The van der Waals surface area contributed by atoms with E-state index in [1.165, 1.54) is 129 Å². The molecule has 0 bridgehead atoms. The van der Waals surface area contributed by atoms with E-state index in [-0.39, 0.29) is 0 Å². The second-order valence-electron chi connectivity index (χ2n) is 7.84. The smallest absolute Gasteiger partial charge is 0.00489 e. The van der Waals surface area contributed by atoms with Gasteiger partial charge in [-0.05, 0) is 38.9 Å². The molecule has 0 aliphatic carbocycles. The summed E-state index contributed by atoms with van der Waals surface area (Å²) in [6.45, 7) is 10.1. The molecular formula is C24H54N2. The minimum absolute atomic E-state index is 0.867. The van der Waals surface area contributed by atoms with Crippen LogP contribution in [-0.2, 0) is 0 Å². The fourth-order valence-electron chi connectivity index (χ4n) is 3.11. The number of unbranched alkanes of at least 4 members (excludes halogenated alkanes) is 15. The Kier molecular flexibility index (Phi) is 32.1. The van der Waals surface area contributed by atoms with Crippen molar-refractivity contribution in [3.63, 3.8) is 0 Å². The second kappa shape index (κ2) is 29.7. The summed E-state index contributed by atoms with van der Waals surface area (Å²) in [5, 5.41) is 3.57. The molecule has 0 atom stereocenters. The van der Waals surface area contributed by atoms with Crippen molar-refractivity contribution >= 4 is 0 Å². The van der Waals surface area contributed by atoms with Crippen molar-refractivity contribution in [2.45, 2.75) is 136 Å². The maximum Gasteiger partial charge on any atom is -0.00489 e. The van der Waals surface area contributed by atoms with Gasteiger partial charge in [0.25, 0.3) is 0 Å². The third-order valence-corrected chi connectivity index (χ3v) is 4.97. The predicted molar refractivity (Wildman–Crippen MR) is 122 cm³/mol. The molecule has 0 aromatic carbocycles.